The molecule has 0 saturated heterocycles. The van der Waals surface area contributed by atoms with Crippen LogP contribution in [0.5, 0.6) is 0 Å². The molecule has 1 aliphatic rings. The van der Waals surface area contributed by atoms with E-state index in [0.29, 0.717) is 6.54 Å². The van der Waals surface area contributed by atoms with Gasteiger partial charge in [-0.1, -0.05) is 15.9 Å². The van der Waals surface area contributed by atoms with Crippen molar-refractivity contribution in [1.29, 1.82) is 0 Å². The van der Waals surface area contributed by atoms with Gasteiger partial charge in [0, 0.05) is 16.6 Å². The number of fused-ring (bicyclic) bond motifs is 1. The van der Waals surface area contributed by atoms with Gasteiger partial charge in [-0.25, -0.2) is 0 Å². The summed E-state index contributed by atoms with van der Waals surface area (Å²) in [5.74, 6) is 0.0422. The van der Waals surface area contributed by atoms with Crippen LogP contribution in [0.15, 0.2) is 16.6 Å². The molecule has 12 heavy (non-hydrogen) atoms. The zero-order valence-electron chi connectivity index (χ0n) is 6.65. The first-order chi connectivity index (χ1) is 5.70. The Bertz CT molecular complexity index is 360. The van der Waals surface area contributed by atoms with E-state index in [1.807, 2.05) is 19.1 Å². The first-order valence-corrected chi connectivity index (χ1v) is 4.55. The third-order valence-electron chi connectivity index (χ3n) is 2.20. The van der Waals surface area contributed by atoms with Gasteiger partial charge in [-0.2, -0.15) is 0 Å². The van der Waals surface area contributed by atoms with Crippen LogP contribution < -0.4 is 5.32 Å². The molecule has 1 heterocycles. The van der Waals surface area contributed by atoms with E-state index in [1.54, 1.807) is 0 Å². The largest absolute Gasteiger partial charge is 0.348 e. The first-order valence-electron chi connectivity index (χ1n) is 3.76. The summed E-state index contributed by atoms with van der Waals surface area (Å²) in [6.45, 7) is 2.68. The van der Waals surface area contributed by atoms with Crippen LogP contribution >= 0.6 is 15.9 Å². The molecule has 0 aromatic heterocycles. The number of hydrogen-bond donors (Lipinski definition) is 1. The summed E-state index contributed by atoms with van der Waals surface area (Å²) in [5, 5.41) is 2.79. The highest BCUT2D eigenvalue weighted by Gasteiger charge is 2.20. The molecule has 0 aliphatic carbocycles. The number of rotatable bonds is 0. The summed E-state index contributed by atoms with van der Waals surface area (Å²) in [6, 6.07) is 3.77. The Morgan fingerprint density at radius 1 is 1.50 bits per heavy atom. The Labute approximate surface area is 79.1 Å². The highest BCUT2D eigenvalue weighted by molar-refractivity contribution is 9.10. The molecule has 0 saturated carbocycles. The van der Waals surface area contributed by atoms with Gasteiger partial charge in [-0.15, -0.1) is 0 Å². The second-order valence-electron chi connectivity index (χ2n) is 2.88. The normalized spacial score (nSPS) is 14.3. The van der Waals surface area contributed by atoms with Crippen molar-refractivity contribution in [3.63, 3.8) is 0 Å². The number of carbonyl (C=O) groups is 1. The van der Waals surface area contributed by atoms with E-state index in [0.717, 1.165) is 21.2 Å². The highest BCUT2D eigenvalue weighted by Crippen LogP contribution is 2.25. The molecule has 62 valence electrons. The molecule has 3 heteroatoms. The molecular formula is C9H8BrNO. The summed E-state index contributed by atoms with van der Waals surface area (Å²) in [6.07, 6.45) is 0. The Morgan fingerprint density at radius 3 is 3.00 bits per heavy atom. The van der Waals surface area contributed by atoms with E-state index >= 15 is 0 Å². The Kier molecular flexibility index (Phi) is 1.68. The zero-order valence-corrected chi connectivity index (χ0v) is 8.23. The number of amides is 1. The van der Waals surface area contributed by atoms with Gasteiger partial charge in [-0.3, -0.25) is 4.79 Å². The Morgan fingerprint density at radius 2 is 2.25 bits per heavy atom. The molecule has 1 aliphatic heterocycles. The lowest BCUT2D eigenvalue weighted by atomic mass is 10.1. The topological polar surface area (TPSA) is 29.1 Å². The van der Waals surface area contributed by atoms with E-state index in [-0.39, 0.29) is 5.91 Å². The third-order valence-corrected chi connectivity index (χ3v) is 3.06. The molecule has 0 fully saturated rings. The molecular weight excluding hydrogens is 218 g/mol. The van der Waals surface area contributed by atoms with Crippen molar-refractivity contribution >= 4 is 21.8 Å². The average Bonchev–Trinajstić information content (AvgIpc) is 2.41. The van der Waals surface area contributed by atoms with Crippen LogP contribution in [0.25, 0.3) is 0 Å². The lowest BCUT2D eigenvalue weighted by Crippen LogP contribution is -2.12. The molecule has 2 nitrogen and oxygen atoms in total. The lowest BCUT2D eigenvalue weighted by molar-refractivity contribution is 0.0966. The Hall–Kier alpha value is -0.830. The minimum atomic E-state index is 0.0422. The van der Waals surface area contributed by atoms with E-state index in [4.69, 9.17) is 0 Å². The average molecular weight is 226 g/mol. The van der Waals surface area contributed by atoms with Crippen LogP contribution in [-0.4, -0.2) is 5.91 Å². The van der Waals surface area contributed by atoms with Gasteiger partial charge in [0.1, 0.15) is 0 Å². The van der Waals surface area contributed by atoms with E-state index < -0.39 is 0 Å². The minimum Gasteiger partial charge on any atom is -0.348 e. The van der Waals surface area contributed by atoms with Crippen molar-refractivity contribution in [1.82, 2.24) is 5.32 Å². The molecule has 1 aromatic carbocycles. The fourth-order valence-electron chi connectivity index (χ4n) is 1.43. The fourth-order valence-corrected chi connectivity index (χ4v) is 1.80. The molecule has 1 aromatic rings. The van der Waals surface area contributed by atoms with Crippen LogP contribution in [0.1, 0.15) is 21.5 Å². The smallest absolute Gasteiger partial charge is 0.251 e. The van der Waals surface area contributed by atoms with Gasteiger partial charge < -0.3 is 5.32 Å². The van der Waals surface area contributed by atoms with Gasteiger partial charge in [0.25, 0.3) is 5.91 Å². The summed E-state index contributed by atoms with van der Waals surface area (Å²) in [5.41, 5.74) is 3.09. The summed E-state index contributed by atoms with van der Waals surface area (Å²) in [7, 11) is 0. The lowest BCUT2D eigenvalue weighted by Gasteiger charge is -2.02. The van der Waals surface area contributed by atoms with Crippen molar-refractivity contribution < 1.29 is 4.79 Å². The minimum absolute atomic E-state index is 0.0422. The zero-order chi connectivity index (χ0) is 8.72. The highest BCUT2D eigenvalue weighted by atomic mass is 79.9. The number of halogens is 1. The number of nitrogens with one attached hydrogen (secondary N) is 1. The quantitative estimate of drug-likeness (QED) is 0.720. The molecule has 1 amide bonds. The van der Waals surface area contributed by atoms with Gasteiger partial charge in [0.05, 0.1) is 0 Å². The van der Waals surface area contributed by atoms with Crippen LogP contribution in [-0.2, 0) is 6.54 Å². The predicted octanol–water partition coefficient (Wildman–Crippen LogP) is 2.00. The van der Waals surface area contributed by atoms with Crippen molar-refractivity contribution in [2.45, 2.75) is 13.5 Å². The van der Waals surface area contributed by atoms with Gasteiger partial charge in [0.2, 0.25) is 0 Å². The molecule has 0 bridgehead atoms. The molecule has 0 spiro atoms. The summed E-state index contributed by atoms with van der Waals surface area (Å²) in [4.78, 5) is 11.2. The first kappa shape index (κ1) is 7.80. The van der Waals surface area contributed by atoms with Crippen LogP contribution in [0.4, 0.5) is 0 Å². The van der Waals surface area contributed by atoms with Gasteiger partial charge >= 0.3 is 0 Å². The van der Waals surface area contributed by atoms with E-state index in [2.05, 4.69) is 21.2 Å². The van der Waals surface area contributed by atoms with E-state index in [1.165, 1.54) is 0 Å². The second kappa shape index (κ2) is 2.59. The van der Waals surface area contributed by atoms with Crippen LogP contribution in [0.2, 0.25) is 0 Å². The summed E-state index contributed by atoms with van der Waals surface area (Å²) >= 11 is 3.43. The van der Waals surface area contributed by atoms with Crippen LogP contribution in [0.3, 0.4) is 0 Å². The van der Waals surface area contributed by atoms with Crippen molar-refractivity contribution in [2.24, 2.45) is 0 Å². The molecule has 0 atom stereocenters. The van der Waals surface area contributed by atoms with Crippen LogP contribution in [0, 0.1) is 6.92 Å². The van der Waals surface area contributed by atoms with Gasteiger partial charge in [-0.05, 0) is 30.2 Å². The fraction of sp³-hybridized carbons (Fsp3) is 0.222. The molecule has 0 radical (unpaired) electrons. The number of benzene rings is 1. The van der Waals surface area contributed by atoms with Crippen molar-refractivity contribution in [3.05, 3.63) is 33.3 Å². The molecule has 2 rings (SSSR count). The SMILES string of the molecule is Cc1c(Br)ccc2c1CNC2=O. The van der Waals surface area contributed by atoms with E-state index in [9.17, 15) is 4.79 Å². The maximum atomic E-state index is 11.2. The maximum absolute atomic E-state index is 11.2. The molecule has 1 N–H and O–H groups in total. The predicted molar refractivity (Wildman–Crippen MR) is 50.0 cm³/mol. The van der Waals surface area contributed by atoms with Crippen molar-refractivity contribution in [2.75, 3.05) is 0 Å². The molecule has 0 unspecified atom stereocenters. The second-order valence-corrected chi connectivity index (χ2v) is 3.74. The van der Waals surface area contributed by atoms with Crippen molar-refractivity contribution in [3.8, 4) is 0 Å². The maximum Gasteiger partial charge on any atom is 0.251 e. The van der Waals surface area contributed by atoms with Gasteiger partial charge in [0.15, 0.2) is 0 Å². The standard InChI is InChI=1S/C9H8BrNO/c1-5-7-4-11-9(12)6(7)2-3-8(5)10/h2-3H,4H2,1H3,(H,11,12). The summed E-state index contributed by atoms with van der Waals surface area (Å²) < 4.78 is 1.07. The third kappa shape index (κ3) is 0.966. The number of carbonyl (C=O) groups excluding carboxylic acids is 1. The number of hydrogen-bond acceptors (Lipinski definition) is 1. The monoisotopic (exact) mass is 225 g/mol. The Balaban J connectivity index is 2.68.